The molecule has 3 heteroatoms. The van der Waals surface area contributed by atoms with Crippen LogP contribution in [0.5, 0.6) is 0 Å². The van der Waals surface area contributed by atoms with E-state index in [1.807, 2.05) is 36.4 Å². The van der Waals surface area contributed by atoms with Crippen molar-refractivity contribution in [3.8, 4) is 22.3 Å². The Balaban J connectivity index is 1.31. The third-order valence-corrected chi connectivity index (χ3v) is 8.12. The second-order valence-electron chi connectivity index (χ2n) is 10.6. The second-order valence-corrected chi connectivity index (χ2v) is 10.6. The molecule has 0 aliphatic heterocycles. The van der Waals surface area contributed by atoms with Crippen LogP contribution >= 0.6 is 0 Å². The SMILES string of the molecule is O=C(c1ncccc1-c1cccc2cc3ccccc3cc12)c1ncccc1-c1cccc2cc3ccccc3cc12. The smallest absolute Gasteiger partial charge is 0.230 e. The van der Waals surface area contributed by atoms with E-state index in [1.54, 1.807) is 12.4 Å². The number of pyridine rings is 2. The Morgan fingerprint density at radius 2 is 0.762 bits per heavy atom. The quantitative estimate of drug-likeness (QED) is 0.166. The molecule has 0 amide bonds. The first-order chi connectivity index (χ1) is 20.7. The summed E-state index contributed by atoms with van der Waals surface area (Å²) in [5, 5.41) is 9.09. The molecule has 0 saturated heterocycles. The van der Waals surface area contributed by atoms with Crippen LogP contribution in [0.2, 0.25) is 0 Å². The molecular formula is C39H24N2O. The van der Waals surface area contributed by atoms with Gasteiger partial charge in [0.25, 0.3) is 0 Å². The minimum Gasteiger partial charge on any atom is -0.285 e. The minimum atomic E-state index is -0.197. The number of benzene rings is 6. The fraction of sp³-hybridized carbons (Fsp3) is 0. The number of carbonyl (C=O) groups excluding carboxylic acids is 1. The lowest BCUT2D eigenvalue weighted by molar-refractivity contribution is 0.103. The third-order valence-electron chi connectivity index (χ3n) is 8.12. The second kappa shape index (κ2) is 9.76. The Labute approximate surface area is 242 Å². The molecule has 0 radical (unpaired) electrons. The molecule has 8 rings (SSSR count). The summed E-state index contributed by atoms with van der Waals surface area (Å²) in [6, 6.07) is 45.7. The third kappa shape index (κ3) is 3.94. The van der Waals surface area contributed by atoms with Crippen molar-refractivity contribution in [2.75, 3.05) is 0 Å². The average molecular weight is 537 g/mol. The van der Waals surface area contributed by atoms with E-state index < -0.39 is 0 Å². The fourth-order valence-electron chi connectivity index (χ4n) is 6.12. The molecule has 0 saturated carbocycles. The molecular weight excluding hydrogens is 512 g/mol. The first kappa shape index (κ1) is 24.2. The number of fused-ring (bicyclic) bond motifs is 4. The van der Waals surface area contributed by atoms with Gasteiger partial charge in [-0.25, -0.2) is 0 Å². The summed E-state index contributed by atoms with van der Waals surface area (Å²) in [6.07, 6.45) is 3.37. The zero-order valence-corrected chi connectivity index (χ0v) is 22.7. The van der Waals surface area contributed by atoms with Crippen LogP contribution in [0.3, 0.4) is 0 Å². The van der Waals surface area contributed by atoms with Crippen LogP contribution < -0.4 is 0 Å². The topological polar surface area (TPSA) is 42.9 Å². The first-order valence-electron chi connectivity index (χ1n) is 14.0. The van der Waals surface area contributed by atoms with Gasteiger partial charge in [-0.15, -0.1) is 0 Å². The van der Waals surface area contributed by atoms with Crippen molar-refractivity contribution in [2.45, 2.75) is 0 Å². The molecule has 3 nitrogen and oxygen atoms in total. The Morgan fingerprint density at radius 3 is 1.21 bits per heavy atom. The van der Waals surface area contributed by atoms with Gasteiger partial charge in [0.05, 0.1) is 0 Å². The zero-order valence-electron chi connectivity index (χ0n) is 22.7. The maximum atomic E-state index is 14.4. The average Bonchev–Trinajstić information content (AvgIpc) is 3.05. The van der Waals surface area contributed by atoms with Crippen LogP contribution in [0, 0.1) is 0 Å². The Hall–Kier alpha value is -5.67. The monoisotopic (exact) mass is 536 g/mol. The van der Waals surface area contributed by atoms with E-state index in [0.717, 1.165) is 54.6 Å². The predicted octanol–water partition coefficient (Wildman–Crippen LogP) is 9.65. The van der Waals surface area contributed by atoms with Crippen LogP contribution in [0.1, 0.15) is 16.2 Å². The molecule has 42 heavy (non-hydrogen) atoms. The highest BCUT2D eigenvalue weighted by Crippen LogP contribution is 2.36. The summed E-state index contributed by atoms with van der Waals surface area (Å²) in [6.45, 7) is 0. The summed E-state index contributed by atoms with van der Waals surface area (Å²) in [7, 11) is 0. The number of ketones is 1. The molecule has 2 heterocycles. The van der Waals surface area contributed by atoms with Gasteiger partial charge in [0, 0.05) is 23.5 Å². The number of rotatable bonds is 4. The largest absolute Gasteiger partial charge is 0.285 e. The molecule has 2 aromatic heterocycles. The highest BCUT2D eigenvalue weighted by atomic mass is 16.1. The van der Waals surface area contributed by atoms with Crippen molar-refractivity contribution in [2.24, 2.45) is 0 Å². The molecule has 0 N–H and O–H groups in total. The Morgan fingerprint density at radius 1 is 0.381 bits per heavy atom. The lowest BCUT2D eigenvalue weighted by Gasteiger charge is -2.14. The van der Waals surface area contributed by atoms with E-state index in [4.69, 9.17) is 0 Å². The molecule has 0 bridgehead atoms. The van der Waals surface area contributed by atoms with Crippen molar-refractivity contribution < 1.29 is 4.79 Å². The van der Waals surface area contributed by atoms with E-state index in [2.05, 4.69) is 107 Å². The van der Waals surface area contributed by atoms with Crippen molar-refractivity contribution in [3.63, 3.8) is 0 Å². The van der Waals surface area contributed by atoms with Crippen LogP contribution in [0.4, 0.5) is 0 Å². The molecule has 0 atom stereocenters. The number of nitrogens with zero attached hydrogens (tertiary/aromatic N) is 2. The van der Waals surface area contributed by atoms with E-state index in [1.165, 1.54) is 10.8 Å². The minimum absolute atomic E-state index is 0.197. The van der Waals surface area contributed by atoms with E-state index in [9.17, 15) is 4.79 Å². The normalized spacial score (nSPS) is 11.4. The van der Waals surface area contributed by atoms with E-state index in [0.29, 0.717) is 11.4 Å². The Kier molecular flexibility index (Phi) is 5.61. The van der Waals surface area contributed by atoms with Gasteiger partial charge in [0.2, 0.25) is 5.78 Å². The van der Waals surface area contributed by atoms with Crippen molar-refractivity contribution in [1.29, 1.82) is 0 Å². The number of hydrogen-bond acceptors (Lipinski definition) is 3. The summed E-state index contributed by atoms with van der Waals surface area (Å²) in [4.78, 5) is 23.7. The first-order valence-corrected chi connectivity index (χ1v) is 14.0. The zero-order chi connectivity index (χ0) is 28.0. The standard InChI is InChI=1S/C39H24N2O/c42-39(37-33(17-7-19-40-37)31-15-5-13-29-21-25-9-1-3-11-27(25)23-35(29)31)38-34(18-8-20-41-38)32-16-6-14-30-22-26-10-2-4-12-28(26)24-36(30)32/h1-24H. The van der Waals surface area contributed by atoms with E-state index >= 15 is 0 Å². The number of hydrogen-bond donors (Lipinski definition) is 0. The summed E-state index contributed by atoms with van der Waals surface area (Å²) >= 11 is 0. The van der Waals surface area contributed by atoms with Gasteiger partial charge in [-0.05, 0) is 90.6 Å². The van der Waals surface area contributed by atoms with Crippen LogP contribution in [-0.4, -0.2) is 15.8 Å². The number of carbonyl (C=O) groups is 1. The highest BCUT2D eigenvalue weighted by Gasteiger charge is 2.23. The van der Waals surface area contributed by atoms with E-state index in [-0.39, 0.29) is 5.78 Å². The Bertz CT molecular complexity index is 2170. The van der Waals surface area contributed by atoms with Crippen molar-refractivity contribution in [1.82, 2.24) is 9.97 Å². The summed E-state index contributed by atoms with van der Waals surface area (Å²) in [5.74, 6) is -0.197. The fourth-order valence-corrected chi connectivity index (χ4v) is 6.12. The van der Waals surface area contributed by atoms with Crippen molar-refractivity contribution >= 4 is 48.9 Å². The van der Waals surface area contributed by atoms with Crippen LogP contribution in [0.25, 0.3) is 65.3 Å². The van der Waals surface area contributed by atoms with Crippen molar-refractivity contribution in [3.05, 3.63) is 157 Å². The molecule has 0 aliphatic rings. The molecule has 0 unspecified atom stereocenters. The van der Waals surface area contributed by atoms with Crippen LogP contribution in [0.15, 0.2) is 146 Å². The lowest BCUT2D eigenvalue weighted by Crippen LogP contribution is -2.10. The predicted molar refractivity (Wildman–Crippen MR) is 173 cm³/mol. The van der Waals surface area contributed by atoms with Gasteiger partial charge in [0.15, 0.2) is 0 Å². The van der Waals surface area contributed by atoms with Gasteiger partial charge in [-0.2, -0.15) is 0 Å². The van der Waals surface area contributed by atoms with Gasteiger partial charge in [-0.1, -0.05) is 97.1 Å². The maximum absolute atomic E-state index is 14.4. The molecule has 0 fully saturated rings. The molecule has 8 aromatic rings. The lowest BCUT2D eigenvalue weighted by atomic mass is 9.91. The van der Waals surface area contributed by atoms with Gasteiger partial charge in [-0.3, -0.25) is 14.8 Å². The van der Waals surface area contributed by atoms with Gasteiger partial charge < -0.3 is 0 Å². The molecule has 0 spiro atoms. The maximum Gasteiger partial charge on any atom is 0.230 e. The van der Waals surface area contributed by atoms with Gasteiger partial charge in [0.1, 0.15) is 11.4 Å². The summed E-state index contributed by atoms with van der Waals surface area (Å²) < 4.78 is 0. The molecule has 196 valence electrons. The van der Waals surface area contributed by atoms with Gasteiger partial charge >= 0.3 is 0 Å². The highest BCUT2D eigenvalue weighted by molar-refractivity contribution is 6.17. The van der Waals surface area contributed by atoms with Crippen LogP contribution in [-0.2, 0) is 0 Å². The number of aromatic nitrogens is 2. The molecule has 0 aliphatic carbocycles. The molecule has 6 aromatic carbocycles. The summed E-state index contributed by atoms with van der Waals surface area (Å²) in [5.41, 5.74) is 4.33.